The minimum atomic E-state index is -3.70. The van der Waals surface area contributed by atoms with Crippen LogP contribution in [0.1, 0.15) is 11.5 Å². The number of hydrogen-bond acceptors (Lipinski definition) is 8. The van der Waals surface area contributed by atoms with Crippen LogP contribution in [-0.2, 0) is 10.0 Å². The monoisotopic (exact) mass is 351 g/mol. The van der Waals surface area contributed by atoms with Gasteiger partial charge in [-0.25, -0.2) is 13.6 Å². The number of nitrogens with one attached hydrogen (secondary N) is 1. The van der Waals surface area contributed by atoms with E-state index in [9.17, 15) is 8.42 Å². The van der Waals surface area contributed by atoms with E-state index in [0.717, 1.165) is 5.69 Å². The fourth-order valence-electron chi connectivity index (χ4n) is 1.81. The van der Waals surface area contributed by atoms with Crippen molar-refractivity contribution in [2.75, 3.05) is 5.43 Å². The quantitative estimate of drug-likeness (QED) is 0.657. The first kappa shape index (κ1) is 15.5. The van der Waals surface area contributed by atoms with Gasteiger partial charge in [0.2, 0.25) is 15.0 Å². The van der Waals surface area contributed by atoms with Gasteiger partial charge in [-0.15, -0.1) is 10.2 Å². The molecule has 23 heavy (non-hydrogen) atoms. The lowest BCUT2D eigenvalue weighted by atomic mass is 10.3. The van der Waals surface area contributed by atoms with Crippen LogP contribution in [0.5, 0.6) is 0 Å². The minimum absolute atomic E-state index is 0.0454. The summed E-state index contributed by atoms with van der Waals surface area (Å²) in [5.74, 6) is 0.706. The molecule has 0 spiro atoms. The first-order valence-corrected chi connectivity index (χ1v) is 8.83. The van der Waals surface area contributed by atoms with Crippen molar-refractivity contribution >= 4 is 32.0 Å². The number of sulfonamides is 1. The number of fused-ring (bicyclic) bond motifs is 1. The number of primary sulfonamides is 1. The summed E-state index contributed by atoms with van der Waals surface area (Å²) in [6.07, 6.45) is 0. The molecule has 3 aromatic rings. The van der Waals surface area contributed by atoms with Gasteiger partial charge < -0.3 is 0 Å². The number of aromatic nitrogens is 4. The van der Waals surface area contributed by atoms with Gasteiger partial charge in [-0.1, -0.05) is 11.3 Å². The Morgan fingerprint density at radius 1 is 1.22 bits per heavy atom. The Labute approximate surface area is 135 Å². The maximum Gasteiger partial charge on any atom is 0.238 e. The minimum Gasteiger partial charge on any atom is -0.277 e. The molecule has 0 aliphatic carbocycles. The molecule has 2 heterocycles. The standard InChI is InChI=1S/C12H13N7O2S2/c1-7-11(22-12-17-14-8(2)19(12)18-7)16-15-9-3-5-10(6-4-9)23(13,20)21/h3-6,15H,1-2H3,(H2,13,20,21)/b16-11+. The Morgan fingerprint density at radius 2 is 1.91 bits per heavy atom. The van der Waals surface area contributed by atoms with E-state index in [1.54, 1.807) is 16.6 Å². The second-order valence-corrected chi connectivity index (χ2v) is 7.24. The first-order chi connectivity index (χ1) is 10.8. The molecule has 3 rings (SSSR count). The zero-order valence-corrected chi connectivity index (χ0v) is 13.9. The zero-order chi connectivity index (χ0) is 16.6. The summed E-state index contributed by atoms with van der Waals surface area (Å²) in [5.41, 5.74) is 4.20. The first-order valence-electron chi connectivity index (χ1n) is 6.47. The van der Waals surface area contributed by atoms with Crippen LogP contribution in [0.25, 0.3) is 4.96 Å². The number of rotatable bonds is 3. The molecule has 0 amide bonds. The molecule has 0 unspecified atom stereocenters. The highest BCUT2D eigenvalue weighted by atomic mass is 32.2. The average Bonchev–Trinajstić information content (AvgIpc) is 2.85. The normalized spacial score (nSPS) is 12.7. The van der Waals surface area contributed by atoms with Crippen LogP contribution in [0, 0.1) is 13.8 Å². The maximum atomic E-state index is 11.2. The molecule has 0 fully saturated rings. The zero-order valence-electron chi connectivity index (χ0n) is 12.3. The van der Waals surface area contributed by atoms with Crippen molar-refractivity contribution in [3.8, 4) is 0 Å². The topological polar surface area (TPSA) is 128 Å². The molecular formula is C12H13N7O2S2. The third-order valence-corrected chi connectivity index (χ3v) is 4.93. The number of nitrogens with zero attached hydrogens (tertiary/aromatic N) is 5. The summed E-state index contributed by atoms with van der Waals surface area (Å²) >= 11 is 1.34. The van der Waals surface area contributed by atoms with Gasteiger partial charge in [0, 0.05) is 0 Å². The molecule has 3 N–H and O–H groups in total. The third kappa shape index (κ3) is 3.21. The van der Waals surface area contributed by atoms with Crippen LogP contribution >= 0.6 is 11.3 Å². The summed E-state index contributed by atoms with van der Waals surface area (Å²) in [7, 11) is -3.70. The smallest absolute Gasteiger partial charge is 0.238 e. The van der Waals surface area contributed by atoms with Crippen molar-refractivity contribution in [1.82, 2.24) is 19.8 Å². The van der Waals surface area contributed by atoms with E-state index in [0.29, 0.717) is 21.1 Å². The second kappa shape index (κ2) is 5.68. The van der Waals surface area contributed by atoms with E-state index in [1.165, 1.54) is 23.5 Å². The summed E-state index contributed by atoms with van der Waals surface area (Å²) in [6.45, 7) is 3.65. The molecule has 0 atom stereocenters. The lowest BCUT2D eigenvalue weighted by Gasteiger charge is -2.02. The molecule has 0 aliphatic heterocycles. The Kier molecular flexibility index (Phi) is 3.83. The van der Waals surface area contributed by atoms with Crippen molar-refractivity contribution in [2.45, 2.75) is 18.7 Å². The van der Waals surface area contributed by atoms with Gasteiger partial charge in [-0.3, -0.25) is 5.43 Å². The van der Waals surface area contributed by atoms with Gasteiger partial charge in [0.15, 0.2) is 10.5 Å². The maximum absolute atomic E-state index is 11.2. The number of aryl methyl sites for hydroxylation is 2. The van der Waals surface area contributed by atoms with Crippen molar-refractivity contribution in [2.24, 2.45) is 10.2 Å². The Bertz CT molecular complexity index is 1040. The summed E-state index contributed by atoms with van der Waals surface area (Å²) in [6, 6.07) is 5.98. The summed E-state index contributed by atoms with van der Waals surface area (Å²) in [5, 5.41) is 21.7. The second-order valence-electron chi connectivity index (χ2n) is 4.73. The lowest BCUT2D eigenvalue weighted by Crippen LogP contribution is -2.13. The van der Waals surface area contributed by atoms with Crippen LogP contribution < -0.4 is 15.2 Å². The number of nitrogens with two attached hydrogens (primary N) is 1. The number of hydrogen-bond donors (Lipinski definition) is 2. The molecule has 2 aromatic heterocycles. The van der Waals surface area contributed by atoms with E-state index in [2.05, 4.69) is 25.8 Å². The van der Waals surface area contributed by atoms with E-state index in [-0.39, 0.29) is 4.90 Å². The Morgan fingerprint density at radius 3 is 2.57 bits per heavy atom. The molecular weight excluding hydrogens is 338 g/mol. The summed E-state index contributed by atoms with van der Waals surface area (Å²) in [4.78, 5) is 0.683. The molecule has 0 radical (unpaired) electrons. The molecule has 1 aromatic carbocycles. The van der Waals surface area contributed by atoms with Gasteiger partial charge in [0.1, 0.15) is 0 Å². The van der Waals surface area contributed by atoms with Crippen molar-refractivity contribution in [1.29, 1.82) is 0 Å². The van der Waals surface area contributed by atoms with E-state index in [1.807, 2.05) is 13.8 Å². The lowest BCUT2D eigenvalue weighted by molar-refractivity contribution is 0.598. The summed E-state index contributed by atoms with van der Waals surface area (Å²) < 4.78 is 24.7. The van der Waals surface area contributed by atoms with Crippen molar-refractivity contribution in [3.63, 3.8) is 0 Å². The molecule has 0 aliphatic rings. The molecule has 0 saturated heterocycles. The predicted molar refractivity (Wildman–Crippen MR) is 85.1 cm³/mol. The van der Waals surface area contributed by atoms with E-state index >= 15 is 0 Å². The third-order valence-electron chi connectivity index (χ3n) is 2.98. The van der Waals surface area contributed by atoms with E-state index < -0.39 is 10.0 Å². The van der Waals surface area contributed by atoms with Crippen LogP contribution in [0.15, 0.2) is 34.3 Å². The highest BCUT2D eigenvalue weighted by molar-refractivity contribution is 7.89. The van der Waals surface area contributed by atoms with Crippen molar-refractivity contribution in [3.05, 3.63) is 40.5 Å². The highest BCUT2D eigenvalue weighted by Gasteiger charge is 2.07. The molecule has 9 nitrogen and oxygen atoms in total. The van der Waals surface area contributed by atoms with Gasteiger partial charge in [-0.2, -0.15) is 14.7 Å². The number of anilines is 1. The van der Waals surface area contributed by atoms with Crippen LogP contribution in [-0.4, -0.2) is 28.2 Å². The Hall–Kier alpha value is -2.37. The highest BCUT2D eigenvalue weighted by Crippen LogP contribution is 2.12. The van der Waals surface area contributed by atoms with Crippen molar-refractivity contribution < 1.29 is 8.42 Å². The fraction of sp³-hybridized carbons (Fsp3) is 0.167. The van der Waals surface area contributed by atoms with Crippen LogP contribution in [0.3, 0.4) is 0 Å². The molecule has 120 valence electrons. The molecule has 11 heteroatoms. The van der Waals surface area contributed by atoms with Gasteiger partial charge in [-0.05, 0) is 38.1 Å². The van der Waals surface area contributed by atoms with E-state index in [4.69, 9.17) is 5.14 Å². The van der Waals surface area contributed by atoms with Gasteiger partial charge in [0.05, 0.1) is 16.3 Å². The molecule has 0 bridgehead atoms. The Balaban J connectivity index is 1.92. The van der Waals surface area contributed by atoms with Crippen LogP contribution in [0.2, 0.25) is 0 Å². The van der Waals surface area contributed by atoms with Gasteiger partial charge >= 0.3 is 0 Å². The SMILES string of the molecule is Cc1nn2c(C)nnc2s/c1=N/Nc1ccc(S(N)(=O)=O)cc1. The largest absolute Gasteiger partial charge is 0.277 e. The van der Waals surface area contributed by atoms with Crippen LogP contribution in [0.4, 0.5) is 5.69 Å². The average molecular weight is 351 g/mol. The molecule has 0 saturated carbocycles. The fourth-order valence-corrected chi connectivity index (χ4v) is 3.12. The predicted octanol–water partition coefficient (Wildman–Crippen LogP) is 0.378. The van der Waals surface area contributed by atoms with Gasteiger partial charge in [0.25, 0.3) is 0 Å². The number of benzene rings is 1.